The number of epoxide rings is 1. The van der Waals surface area contributed by atoms with Crippen LogP contribution in [0.2, 0.25) is 0 Å². The Labute approximate surface area is 55.7 Å². The van der Waals surface area contributed by atoms with Crippen LogP contribution in [0.4, 0.5) is 0 Å². The normalized spacial score (nSPS) is 44.4. The van der Waals surface area contributed by atoms with E-state index in [1.807, 2.05) is 0 Å². The van der Waals surface area contributed by atoms with Crippen molar-refractivity contribution in [2.45, 2.75) is 37.9 Å². The number of hydrogen-bond donors (Lipinski definition) is 0. The molecule has 0 aromatic carbocycles. The van der Waals surface area contributed by atoms with Crippen LogP contribution in [0.25, 0.3) is 0 Å². The van der Waals surface area contributed by atoms with Gasteiger partial charge in [-0.05, 0) is 19.3 Å². The Bertz CT molecular complexity index is 129. The molecule has 0 aromatic heterocycles. The smallest absolute Gasteiger partial charge is 0.102 e. The van der Waals surface area contributed by atoms with Gasteiger partial charge in [0, 0.05) is 0 Å². The van der Waals surface area contributed by atoms with E-state index in [0.717, 1.165) is 0 Å². The van der Waals surface area contributed by atoms with E-state index < -0.39 is 0 Å². The second-order valence-corrected chi connectivity index (χ2v) is 2.85. The highest BCUT2D eigenvalue weighted by atomic mass is 16.6. The van der Waals surface area contributed by atoms with Gasteiger partial charge in [-0.3, -0.25) is 0 Å². The zero-order chi connectivity index (χ0) is 6.10. The zero-order valence-electron chi connectivity index (χ0n) is 5.55. The zero-order valence-corrected chi connectivity index (χ0v) is 5.55. The third-order valence-corrected chi connectivity index (χ3v) is 2.06. The quantitative estimate of drug-likeness (QED) is 0.355. The second kappa shape index (κ2) is 2.14. The summed E-state index contributed by atoms with van der Waals surface area (Å²) in [4.78, 5) is 0. The maximum Gasteiger partial charge on any atom is 0.102 e. The third kappa shape index (κ3) is 1.16. The Morgan fingerprint density at radius 1 is 1.33 bits per heavy atom. The summed E-state index contributed by atoms with van der Waals surface area (Å²) in [6, 6.07) is 0. The third-order valence-electron chi connectivity index (χ3n) is 2.06. The van der Waals surface area contributed by atoms with E-state index in [4.69, 9.17) is 4.74 Å². The van der Waals surface area contributed by atoms with Gasteiger partial charge in [-0.2, -0.15) is 0 Å². The molecule has 1 heteroatoms. The predicted molar refractivity (Wildman–Crippen MR) is 36.3 cm³/mol. The van der Waals surface area contributed by atoms with Gasteiger partial charge < -0.3 is 4.74 Å². The first-order valence-electron chi connectivity index (χ1n) is 3.79. The summed E-state index contributed by atoms with van der Waals surface area (Å²) >= 11 is 0. The lowest BCUT2D eigenvalue weighted by Crippen LogP contribution is -1.92. The molecule has 0 bridgehead atoms. The van der Waals surface area contributed by atoms with Gasteiger partial charge in [-0.1, -0.05) is 18.6 Å². The van der Waals surface area contributed by atoms with Crippen molar-refractivity contribution < 1.29 is 4.74 Å². The van der Waals surface area contributed by atoms with Crippen molar-refractivity contribution in [2.75, 3.05) is 0 Å². The summed E-state index contributed by atoms with van der Waals surface area (Å²) in [5, 5.41) is 0. The van der Waals surface area contributed by atoms with Crippen LogP contribution in [0.5, 0.6) is 0 Å². The Balaban J connectivity index is 1.95. The first-order chi connectivity index (χ1) is 4.47. The highest BCUT2D eigenvalue weighted by molar-refractivity contribution is 5.03. The van der Waals surface area contributed by atoms with Crippen molar-refractivity contribution in [3.8, 4) is 0 Å². The van der Waals surface area contributed by atoms with Crippen LogP contribution in [-0.4, -0.2) is 12.2 Å². The molecule has 0 spiro atoms. The Hall–Kier alpha value is -0.300. The standard InChI is InChI=1S/C8H12O/c1-2-4-6-8-7(9-8)5-3-1/h3,5,7-8H,1-2,4,6H2/b5-3+. The molecule has 1 aliphatic carbocycles. The van der Waals surface area contributed by atoms with Crippen molar-refractivity contribution in [3.63, 3.8) is 0 Å². The van der Waals surface area contributed by atoms with E-state index in [1.54, 1.807) is 0 Å². The van der Waals surface area contributed by atoms with E-state index in [1.165, 1.54) is 25.7 Å². The van der Waals surface area contributed by atoms with Crippen LogP contribution in [0.15, 0.2) is 12.2 Å². The SMILES string of the molecule is C1=C/C2OC2CCCC/1. The number of allylic oxidation sites excluding steroid dienone is 1. The Kier molecular flexibility index (Phi) is 1.31. The summed E-state index contributed by atoms with van der Waals surface area (Å²) < 4.78 is 5.35. The summed E-state index contributed by atoms with van der Waals surface area (Å²) in [5.74, 6) is 0. The van der Waals surface area contributed by atoms with Crippen LogP contribution in [0.3, 0.4) is 0 Å². The maximum absolute atomic E-state index is 5.35. The molecule has 50 valence electrons. The highest BCUT2D eigenvalue weighted by Crippen LogP contribution is 2.30. The van der Waals surface area contributed by atoms with Crippen molar-refractivity contribution in [1.82, 2.24) is 0 Å². The molecular weight excluding hydrogens is 112 g/mol. The minimum Gasteiger partial charge on any atom is -0.365 e. The maximum atomic E-state index is 5.35. The van der Waals surface area contributed by atoms with Gasteiger partial charge in [0.05, 0.1) is 6.10 Å². The van der Waals surface area contributed by atoms with Gasteiger partial charge in [0.25, 0.3) is 0 Å². The van der Waals surface area contributed by atoms with Crippen molar-refractivity contribution >= 4 is 0 Å². The van der Waals surface area contributed by atoms with Crippen molar-refractivity contribution in [1.29, 1.82) is 0 Å². The molecule has 2 aliphatic rings. The predicted octanol–water partition coefficient (Wildman–Crippen LogP) is 1.88. The molecule has 0 N–H and O–H groups in total. The number of ether oxygens (including phenoxy) is 1. The average Bonchev–Trinajstić information content (AvgIpc) is 2.46. The van der Waals surface area contributed by atoms with E-state index in [0.29, 0.717) is 12.2 Å². The molecule has 1 nitrogen and oxygen atoms in total. The minimum atomic E-state index is 0.505. The fraction of sp³-hybridized carbons (Fsp3) is 0.750. The first kappa shape index (κ1) is 5.48. The van der Waals surface area contributed by atoms with Crippen LogP contribution in [0.1, 0.15) is 25.7 Å². The highest BCUT2D eigenvalue weighted by Gasteiger charge is 2.35. The molecule has 0 amide bonds. The molecule has 1 saturated heterocycles. The van der Waals surface area contributed by atoms with Gasteiger partial charge in [0.15, 0.2) is 0 Å². The lowest BCUT2D eigenvalue weighted by Gasteiger charge is -1.96. The van der Waals surface area contributed by atoms with Gasteiger partial charge in [-0.25, -0.2) is 0 Å². The van der Waals surface area contributed by atoms with Crippen LogP contribution in [0, 0.1) is 0 Å². The molecule has 0 aromatic rings. The minimum absolute atomic E-state index is 0.505. The number of hydrogen-bond acceptors (Lipinski definition) is 1. The molecule has 0 radical (unpaired) electrons. The van der Waals surface area contributed by atoms with E-state index >= 15 is 0 Å². The van der Waals surface area contributed by atoms with Crippen molar-refractivity contribution in [3.05, 3.63) is 12.2 Å². The summed E-state index contributed by atoms with van der Waals surface area (Å²) in [7, 11) is 0. The van der Waals surface area contributed by atoms with Gasteiger partial charge in [-0.15, -0.1) is 0 Å². The largest absolute Gasteiger partial charge is 0.365 e. The Morgan fingerprint density at radius 2 is 2.33 bits per heavy atom. The van der Waals surface area contributed by atoms with Gasteiger partial charge in [0.2, 0.25) is 0 Å². The molecule has 9 heavy (non-hydrogen) atoms. The Morgan fingerprint density at radius 3 is 3.33 bits per heavy atom. The second-order valence-electron chi connectivity index (χ2n) is 2.85. The van der Waals surface area contributed by atoms with E-state index in [-0.39, 0.29) is 0 Å². The topological polar surface area (TPSA) is 12.5 Å². The first-order valence-corrected chi connectivity index (χ1v) is 3.79. The molecule has 2 atom stereocenters. The summed E-state index contributed by atoms with van der Waals surface area (Å²) in [5.41, 5.74) is 0. The lowest BCUT2D eigenvalue weighted by molar-refractivity contribution is 0.376. The van der Waals surface area contributed by atoms with Crippen molar-refractivity contribution in [2.24, 2.45) is 0 Å². The van der Waals surface area contributed by atoms with E-state index in [9.17, 15) is 0 Å². The van der Waals surface area contributed by atoms with Gasteiger partial charge >= 0.3 is 0 Å². The van der Waals surface area contributed by atoms with Crippen LogP contribution < -0.4 is 0 Å². The molecule has 0 saturated carbocycles. The van der Waals surface area contributed by atoms with Gasteiger partial charge in [0.1, 0.15) is 6.10 Å². The fourth-order valence-electron chi connectivity index (χ4n) is 1.40. The molecule has 1 heterocycles. The lowest BCUT2D eigenvalue weighted by atomic mass is 10.1. The van der Waals surface area contributed by atoms with Crippen LogP contribution in [-0.2, 0) is 4.74 Å². The number of fused-ring (bicyclic) bond motifs is 1. The average molecular weight is 124 g/mol. The number of rotatable bonds is 0. The van der Waals surface area contributed by atoms with Crippen LogP contribution >= 0.6 is 0 Å². The molecular formula is C8H12O. The molecule has 2 unspecified atom stereocenters. The summed E-state index contributed by atoms with van der Waals surface area (Å²) in [6.07, 6.45) is 10.8. The molecule has 1 aliphatic heterocycles. The monoisotopic (exact) mass is 124 g/mol. The van der Waals surface area contributed by atoms with E-state index in [2.05, 4.69) is 12.2 Å². The molecule has 2 rings (SSSR count). The molecule has 1 fully saturated rings. The fourth-order valence-corrected chi connectivity index (χ4v) is 1.40. The summed E-state index contributed by atoms with van der Waals surface area (Å²) in [6.45, 7) is 0.